The zero-order valence-electron chi connectivity index (χ0n) is 15.0. The highest BCUT2D eigenvalue weighted by Gasteiger charge is 2.21. The van der Waals surface area contributed by atoms with Crippen LogP contribution in [0.15, 0.2) is 4.99 Å². The van der Waals surface area contributed by atoms with Crippen LogP contribution in [0.1, 0.15) is 46.5 Å². The molecule has 1 unspecified atom stereocenters. The molecule has 1 heterocycles. The van der Waals surface area contributed by atoms with Gasteiger partial charge in [-0.05, 0) is 70.9 Å². The molecule has 0 saturated carbocycles. The predicted molar refractivity (Wildman–Crippen MR) is 101 cm³/mol. The topological polar surface area (TPSA) is 39.7 Å². The summed E-state index contributed by atoms with van der Waals surface area (Å²) in [6.45, 7) is 12.1. The maximum absolute atomic E-state index is 4.81. The first-order valence-electron chi connectivity index (χ1n) is 8.92. The Morgan fingerprint density at radius 1 is 1.32 bits per heavy atom. The van der Waals surface area contributed by atoms with E-state index in [0.717, 1.165) is 25.6 Å². The number of nitrogens with zero attached hydrogens (tertiary/aromatic N) is 2. The molecule has 5 heteroatoms. The molecule has 1 aliphatic rings. The number of hydrogen-bond acceptors (Lipinski definition) is 3. The molecule has 22 heavy (non-hydrogen) atoms. The van der Waals surface area contributed by atoms with Crippen molar-refractivity contribution in [2.24, 2.45) is 10.9 Å². The number of rotatable bonds is 9. The fraction of sp³-hybridized carbons (Fsp3) is 0.941. The lowest BCUT2D eigenvalue weighted by Gasteiger charge is -2.34. The SMILES string of the molecule is CCNC(=NCC1CCCN(C(C)C)C1)NCCCCSC. The van der Waals surface area contributed by atoms with E-state index in [1.165, 1.54) is 44.5 Å². The normalized spacial score (nSPS) is 20.4. The van der Waals surface area contributed by atoms with E-state index in [2.05, 4.69) is 42.6 Å². The van der Waals surface area contributed by atoms with Crippen LogP contribution in [0.25, 0.3) is 0 Å². The van der Waals surface area contributed by atoms with Crippen molar-refractivity contribution in [2.45, 2.75) is 52.5 Å². The number of nitrogens with one attached hydrogen (secondary N) is 2. The summed E-state index contributed by atoms with van der Waals surface area (Å²) in [6, 6.07) is 0.662. The van der Waals surface area contributed by atoms with Crippen LogP contribution in [-0.2, 0) is 0 Å². The van der Waals surface area contributed by atoms with Gasteiger partial charge in [0, 0.05) is 32.2 Å². The summed E-state index contributed by atoms with van der Waals surface area (Å²) in [5.74, 6) is 2.96. The molecule has 4 nitrogen and oxygen atoms in total. The summed E-state index contributed by atoms with van der Waals surface area (Å²) in [5, 5.41) is 6.84. The third kappa shape index (κ3) is 8.28. The molecule has 0 bridgehead atoms. The third-order valence-corrected chi connectivity index (χ3v) is 4.90. The van der Waals surface area contributed by atoms with Crippen molar-refractivity contribution in [2.75, 3.05) is 44.7 Å². The zero-order valence-corrected chi connectivity index (χ0v) is 15.8. The van der Waals surface area contributed by atoms with Gasteiger partial charge in [0.05, 0.1) is 0 Å². The van der Waals surface area contributed by atoms with Crippen LogP contribution in [0, 0.1) is 5.92 Å². The molecule has 1 rings (SSSR count). The minimum atomic E-state index is 0.662. The maximum Gasteiger partial charge on any atom is 0.191 e. The number of aliphatic imine (C=N–C) groups is 1. The molecular formula is C17H36N4S. The highest BCUT2D eigenvalue weighted by atomic mass is 32.2. The number of hydrogen-bond donors (Lipinski definition) is 2. The Balaban J connectivity index is 2.34. The van der Waals surface area contributed by atoms with Crippen molar-refractivity contribution in [3.63, 3.8) is 0 Å². The highest BCUT2D eigenvalue weighted by molar-refractivity contribution is 7.98. The van der Waals surface area contributed by atoms with Gasteiger partial charge in [0.15, 0.2) is 5.96 Å². The summed E-state index contributed by atoms with van der Waals surface area (Å²) in [5.41, 5.74) is 0. The van der Waals surface area contributed by atoms with Gasteiger partial charge < -0.3 is 15.5 Å². The van der Waals surface area contributed by atoms with Crippen molar-refractivity contribution in [1.82, 2.24) is 15.5 Å². The molecule has 0 aromatic heterocycles. The average molecular weight is 329 g/mol. The summed E-state index contributed by atoms with van der Waals surface area (Å²) >= 11 is 1.92. The number of guanidine groups is 1. The third-order valence-electron chi connectivity index (χ3n) is 4.20. The fourth-order valence-electron chi connectivity index (χ4n) is 2.86. The summed E-state index contributed by atoms with van der Waals surface area (Å²) in [4.78, 5) is 7.40. The molecule has 0 amide bonds. The molecule has 1 saturated heterocycles. The van der Waals surface area contributed by atoms with E-state index < -0.39 is 0 Å². The molecule has 0 spiro atoms. The summed E-state index contributed by atoms with van der Waals surface area (Å²) < 4.78 is 0. The molecular weight excluding hydrogens is 292 g/mol. The van der Waals surface area contributed by atoms with Crippen LogP contribution in [0.4, 0.5) is 0 Å². The molecule has 0 aromatic rings. The minimum absolute atomic E-state index is 0.662. The number of likely N-dealkylation sites (tertiary alicyclic amines) is 1. The molecule has 1 atom stereocenters. The highest BCUT2D eigenvalue weighted by Crippen LogP contribution is 2.18. The van der Waals surface area contributed by atoms with E-state index in [9.17, 15) is 0 Å². The van der Waals surface area contributed by atoms with E-state index in [1.807, 2.05) is 11.8 Å². The molecule has 130 valence electrons. The standard InChI is InChI=1S/C17H36N4S/c1-5-18-17(19-10-6-7-12-22-4)20-13-16-9-8-11-21(14-16)15(2)3/h15-16H,5-14H2,1-4H3,(H2,18,19,20). The van der Waals surface area contributed by atoms with Gasteiger partial charge in [-0.3, -0.25) is 4.99 Å². The Morgan fingerprint density at radius 3 is 2.82 bits per heavy atom. The molecule has 1 fully saturated rings. The lowest BCUT2D eigenvalue weighted by atomic mass is 9.97. The van der Waals surface area contributed by atoms with Crippen molar-refractivity contribution in [3.8, 4) is 0 Å². The average Bonchev–Trinajstić information content (AvgIpc) is 2.52. The van der Waals surface area contributed by atoms with Gasteiger partial charge in [-0.1, -0.05) is 0 Å². The van der Waals surface area contributed by atoms with E-state index in [4.69, 9.17) is 4.99 Å². The Hall–Kier alpha value is -0.420. The van der Waals surface area contributed by atoms with Gasteiger partial charge in [0.2, 0.25) is 0 Å². The second kappa shape index (κ2) is 12.1. The zero-order chi connectivity index (χ0) is 16.2. The van der Waals surface area contributed by atoms with Crippen molar-refractivity contribution in [3.05, 3.63) is 0 Å². The van der Waals surface area contributed by atoms with Crippen LogP contribution in [0.2, 0.25) is 0 Å². The number of thioether (sulfide) groups is 1. The lowest BCUT2D eigenvalue weighted by molar-refractivity contribution is 0.143. The Morgan fingerprint density at radius 2 is 2.14 bits per heavy atom. The van der Waals surface area contributed by atoms with E-state index in [0.29, 0.717) is 12.0 Å². The molecule has 0 radical (unpaired) electrons. The van der Waals surface area contributed by atoms with Crippen LogP contribution in [-0.4, -0.2) is 61.6 Å². The summed E-state index contributed by atoms with van der Waals surface area (Å²) in [7, 11) is 0. The molecule has 2 N–H and O–H groups in total. The maximum atomic E-state index is 4.81. The van der Waals surface area contributed by atoms with Crippen molar-refractivity contribution < 1.29 is 0 Å². The van der Waals surface area contributed by atoms with Gasteiger partial charge in [-0.2, -0.15) is 11.8 Å². The second-order valence-electron chi connectivity index (χ2n) is 6.44. The molecule has 0 aliphatic carbocycles. The minimum Gasteiger partial charge on any atom is -0.357 e. The van der Waals surface area contributed by atoms with Gasteiger partial charge >= 0.3 is 0 Å². The molecule has 1 aliphatic heterocycles. The first-order valence-corrected chi connectivity index (χ1v) is 10.3. The van der Waals surface area contributed by atoms with Crippen molar-refractivity contribution >= 4 is 17.7 Å². The van der Waals surface area contributed by atoms with Crippen LogP contribution < -0.4 is 10.6 Å². The van der Waals surface area contributed by atoms with Gasteiger partial charge in [0.25, 0.3) is 0 Å². The Kier molecular flexibility index (Phi) is 10.8. The van der Waals surface area contributed by atoms with Crippen LogP contribution in [0.3, 0.4) is 0 Å². The summed E-state index contributed by atoms with van der Waals surface area (Å²) in [6.07, 6.45) is 7.30. The van der Waals surface area contributed by atoms with Gasteiger partial charge in [0.1, 0.15) is 0 Å². The first kappa shape index (κ1) is 19.6. The van der Waals surface area contributed by atoms with E-state index in [-0.39, 0.29) is 0 Å². The first-order chi connectivity index (χ1) is 10.7. The molecule has 0 aromatic carbocycles. The number of piperidine rings is 1. The van der Waals surface area contributed by atoms with Gasteiger partial charge in [-0.25, -0.2) is 0 Å². The Labute approximate surface area is 141 Å². The second-order valence-corrected chi connectivity index (χ2v) is 7.43. The monoisotopic (exact) mass is 328 g/mol. The smallest absolute Gasteiger partial charge is 0.191 e. The van der Waals surface area contributed by atoms with Crippen LogP contribution in [0.5, 0.6) is 0 Å². The van der Waals surface area contributed by atoms with E-state index >= 15 is 0 Å². The Bertz CT molecular complexity index is 307. The van der Waals surface area contributed by atoms with Gasteiger partial charge in [-0.15, -0.1) is 0 Å². The lowest BCUT2D eigenvalue weighted by Crippen LogP contribution is -2.42. The number of unbranched alkanes of at least 4 members (excludes halogenated alkanes) is 1. The van der Waals surface area contributed by atoms with E-state index in [1.54, 1.807) is 0 Å². The largest absolute Gasteiger partial charge is 0.357 e. The van der Waals surface area contributed by atoms with Crippen molar-refractivity contribution in [1.29, 1.82) is 0 Å². The van der Waals surface area contributed by atoms with Crippen LogP contribution >= 0.6 is 11.8 Å². The fourth-order valence-corrected chi connectivity index (χ4v) is 3.35. The predicted octanol–water partition coefficient (Wildman–Crippen LogP) is 2.81. The quantitative estimate of drug-likeness (QED) is 0.388.